The van der Waals surface area contributed by atoms with E-state index in [4.69, 9.17) is 4.74 Å². The summed E-state index contributed by atoms with van der Waals surface area (Å²) < 4.78 is 5.87. The lowest BCUT2D eigenvalue weighted by molar-refractivity contribution is 0.294. The van der Waals surface area contributed by atoms with Crippen LogP contribution in [-0.2, 0) is 6.42 Å². The number of ether oxygens (including phenoxy) is 1. The third-order valence-corrected chi connectivity index (χ3v) is 5.61. The van der Waals surface area contributed by atoms with Crippen LogP contribution in [0.4, 0.5) is 0 Å². The van der Waals surface area contributed by atoms with E-state index in [-0.39, 0.29) is 0 Å². The van der Waals surface area contributed by atoms with Gasteiger partial charge >= 0.3 is 0 Å². The number of benzene rings is 1. The van der Waals surface area contributed by atoms with Crippen LogP contribution >= 0.6 is 0 Å². The van der Waals surface area contributed by atoms with Crippen molar-refractivity contribution in [3.05, 3.63) is 48.3 Å². The highest BCUT2D eigenvalue weighted by Gasteiger charge is 2.02. The predicted octanol–water partition coefficient (Wildman–Crippen LogP) is 7.86. The molecule has 0 unspecified atom stereocenters. The molecule has 0 amide bonds. The van der Waals surface area contributed by atoms with Crippen LogP contribution in [0.25, 0.3) is 11.1 Å². The van der Waals surface area contributed by atoms with Gasteiger partial charge in [0.25, 0.3) is 0 Å². The zero-order chi connectivity index (χ0) is 20.0. The smallest absolute Gasteiger partial charge is 0.119 e. The summed E-state index contributed by atoms with van der Waals surface area (Å²) in [7, 11) is 0. The van der Waals surface area contributed by atoms with Crippen LogP contribution in [-0.4, -0.2) is 11.6 Å². The van der Waals surface area contributed by atoms with E-state index in [9.17, 15) is 0 Å². The molecule has 2 aromatic rings. The topological polar surface area (TPSA) is 22.1 Å². The first-order chi connectivity index (χ1) is 13.7. The minimum Gasteiger partial charge on any atom is -0.494 e. The van der Waals surface area contributed by atoms with Crippen LogP contribution in [0.2, 0.25) is 0 Å². The molecule has 0 fully saturated rings. The summed E-state index contributed by atoms with van der Waals surface area (Å²) >= 11 is 0. The molecule has 1 heterocycles. The van der Waals surface area contributed by atoms with Gasteiger partial charge < -0.3 is 4.74 Å². The Kier molecular flexibility index (Phi) is 10.7. The first-order valence-corrected chi connectivity index (χ1v) is 11.4. The maximum Gasteiger partial charge on any atom is 0.119 e. The van der Waals surface area contributed by atoms with Gasteiger partial charge in [0, 0.05) is 17.5 Å². The third-order valence-electron chi connectivity index (χ3n) is 5.61. The Morgan fingerprint density at radius 2 is 1.54 bits per heavy atom. The first-order valence-electron chi connectivity index (χ1n) is 11.4. The number of aromatic nitrogens is 1. The van der Waals surface area contributed by atoms with E-state index in [0.717, 1.165) is 31.1 Å². The second-order valence-corrected chi connectivity index (χ2v) is 8.08. The summed E-state index contributed by atoms with van der Waals surface area (Å²) in [5, 5.41) is 0. The van der Waals surface area contributed by atoms with Gasteiger partial charge in [0.2, 0.25) is 0 Å². The molecular formula is C26H39NO. The summed E-state index contributed by atoms with van der Waals surface area (Å²) in [6.07, 6.45) is 14.7. The highest BCUT2D eigenvalue weighted by Crippen LogP contribution is 2.22. The molecule has 1 atom stereocenters. The highest BCUT2D eigenvalue weighted by atomic mass is 16.5. The molecule has 2 rings (SSSR count). The van der Waals surface area contributed by atoms with Crippen molar-refractivity contribution in [3.63, 3.8) is 0 Å². The van der Waals surface area contributed by atoms with Gasteiger partial charge in [-0.15, -0.1) is 0 Å². The molecule has 0 radical (unpaired) electrons. The van der Waals surface area contributed by atoms with Gasteiger partial charge in [-0.2, -0.15) is 0 Å². The van der Waals surface area contributed by atoms with Gasteiger partial charge in [-0.25, -0.2) is 0 Å². The zero-order valence-corrected chi connectivity index (χ0v) is 18.3. The van der Waals surface area contributed by atoms with E-state index in [1.165, 1.54) is 68.2 Å². The lowest BCUT2D eigenvalue weighted by Crippen LogP contribution is -2.00. The summed E-state index contributed by atoms with van der Waals surface area (Å²) in [6, 6.07) is 12.8. The normalized spacial score (nSPS) is 12.1. The van der Waals surface area contributed by atoms with Crippen LogP contribution in [0.1, 0.15) is 84.3 Å². The number of pyridine rings is 1. The van der Waals surface area contributed by atoms with E-state index in [2.05, 4.69) is 62.2 Å². The monoisotopic (exact) mass is 381 g/mol. The fraction of sp³-hybridized carbons (Fsp3) is 0.577. The molecule has 0 aliphatic rings. The molecule has 1 aromatic carbocycles. The van der Waals surface area contributed by atoms with Crippen molar-refractivity contribution >= 4 is 0 Å². The van der Waals surface area contributed by atoms with E-state index < -0.39 is 0 Å². The molecule has 2 nitrogen and oxygen atoms in total. The molecule has 154 valence electrons. The van der Waals surface area contributed by atoms with Gasteiger partial charge in [0.1, 0.15) is 5.75 Å². The van der Waals surface area contributed by atoms with E-state index >= 15 is 0 Å². The van der Waals surface area contributed by atoms with Gasteiger partial charge in [0.15, 0.2) is 0 Å². The van der Waals surface area contributed by atoms with E-state index in [0.29, 0.717) is 0 Å². The Hall–Kier alpha value is -1.83. The molecule has 1 aromatic heterocycles. The second-order valence-electron chi connectivity index (χ2n) is 8.08. The van der Waals surface area contributed by atoms with Gasteiger partial charge in [-0.3, -0.25) is 4.98 Å². The standard InChI is InChI=1S/C26H39NO/c1-4-6-7-8-9-10-13-25-17-14-24(21-27-25)23-15-18-26(19-16-23)28-20-11-12-22(3)5-2/h14-19,21-22H,4-13,20H2,1-3H3/t22-/m0/s1. The number of hydrogen-bond acceptors (Lipinski definition) is 2. The van der Waals surface area contributed by atoms with Crippen LogP contribution in [0.15, 0.2) is 42.6 Å². The predicted molar refractivity (Wildman–Crippen MR) is 121 cm³/mol. The first kappa shape index (κ1) is 22.5. The average Bonchev–Trinajstić information content (AvgIpc) is 2.74. The maximum atomic E-state index is 5.87. The Morgan fingerprint density at radius 3 is 2.21 bits per heavy atom. The minimum atomic E-state index is 0.794. The number of unbranched alkanes of at least 4 members (excludes halogenated alkanes) is 5. The molecular weight excluding hydrogens is 342 g/mol. The Bertz CT molecular complexity index is 632. The fourth-order valence-electron chi connectivity index (χ4n) is 3.40. The van der Waals surface area contributed by atoms with Gasteiger partial charge in [-0.05, 0) is 55.4 Å². The molecule has 0 aliphatic carbocycles. The van der Waals surface area contributed by atoms with Crippen LogP contribution in [0.5, 0.6) is 5.75 Å². The minimum absolute atomic E-state index is 0.794. The van der Waals surface area contributed by atoms with Crippen molar-refractivity contribution in [1.29, 1.82) is 0 Å². The van der Waals surface area contributed by atoms with Crippen molar-refractivity contribution < 1.29 is 4.74 Å². The zero-order valence-electron chi connectivity index (χ0n) is 18.3. The molecule has 28 heavy (non-hydrogen) atoms. The fourth-order valence-corrected chi connectivity index (χ4v) is 3.40. The van der Waals surface area contributed by atoms with Crippen molar-refractivity contribution in [1.82, 2.24) is 4.98 Å². The molecule has 0 saturated heterocycles. The van der Waals surface area contributed by atoms with Crippen molar-refractivity contribution in [2.75, 3.05) is 6.61 Å². The van der Waals surface area contributed by atoms with Crippen molar-refractivity contribution in [2.24, 2.45) is 5.92 Å². The van der Waals surface area contributed by atoms with Crippen LogP contribution in [0.3, 0.4) is 0 Å². The molecule has 0 aliphatic heterocycles. The Morgan fingerprint density at radius 1 is 0.821 bits per heavy atom. The highest BCUT2D eigenvalue weighted by molar-refractivity contribution is 5.63. The quantitative estimate of drug-likeness (QED) is 0.311. The summed E-state index contributed by atoms with van der Waals surface area (Å²) in [5.41, 5.74) is 3.58. The van der Waals surface area contributed by atoms with E-state index in [1.807, 2.05) is 6.20 Å². The number of hydrogen-bond donors (Lipinski definition) is 0. The van der Waals surface area contributed by atoms with E-state index in [1.54, 1.807) is 0 Å². The van der Waals surface area contributed by atoms with Gasteiger partial charge in [0.05, 0.1) is 6.61 Å². The molecule has 2 heteroatoms. The van der Waals surface area contributed by atoms with Crippen molar-refractivity contribution in [2.45, 2.75) is 85.0 Å². The third kappa shape index (κ3) is 8.46. The largest absolute Gasteiger partial charge is 0.494 e. The molecule has 0 saturated carbocycles. The number of rotatable bonds is 14. The molecule has 0 bridgehead atoms. The summed E-state index contributed by atoms with van der Waals surface area (Å²) in [5.74, 6) is 1.75. The maximum absolute atomic E-state index is 5.87. The van der Waals surface area contributed by atoms with Gasteiger partial charge in [-0.1, -0.05) is 77.5 Å². The number of nitrogens with zero attached hydrogens (tertiary/aromatic N) is 1. The van der Waals surface area contributed by atoms with Crippen molar-refractivity contribution in [3.8, 4) is 16.9 Å². The summed E-state index contributed by atoms with van der Waals surface area (Å²) in [4.78, 5) is 4.67. The lowest BCUT2D eigenvalue weighted by atomic mass is 10.0. The molecule has 0 N–H and O–H groups in total. The number of aryl methyl sites for hydroxylation is 1. The summed E-state index contributed by atoms with van der Waals surface area (Å²) in [6.45, 7) is 7.63. The molecule has 0 spiro atoms. The van der Waals surface area contributed by atoms with Crippen LogP contribution in [0, 0.1) is 5.92 Å². The average molecular weight is 382 g/mol. The Balaban J connectivity index is 1.74. The SMILES string of the molecule is CCCCCCCCc1ccc(-c2ccc(OCCC[C@@H](C)CC)cc2)cn1. The van der Waals surface area contributed by atoms with Crippen LogP contribution < -0.4 is 4.74 Å². The lowest BCUT2D eigenvalue weighted by Gasteiger charge is -2.10. The Labute approximate surface area is 172 Å². The second kappa shape index (κ2) is 13.4.